The van der Waals surface area contributed by atoms with Crippen molar-refractivity contribution in [2.24, 2.45) is 10.7 Å². The van der Waals surface area contributed by atoms with Gasteiger partial charge in [0.15, 0.2) is 0 Å². The highest BCUT2D eigenvalue weighted by molar-refractivity contribution is 6.04. The lowest BCUT2D eigenvalue weighted by atomic mass is 10.2. The number of amides is 1. The molecule has 0 radical (unpaired) electrons. The van der Waals surface area contributed by atoms with E-state index in [-0.39, 0.29) is 5.84 Å². The molecule has 1 aromatic heterocycles. The summed E-state index contributed by atoms with van der Waals surface area (Å²) in [7, 11) is 0. The highest BCUT2D eigenvalue weighted by atomic mass is 16.6. The van der Waals surface area contributed by atoms with E-state index in [0.717, 1.165) is 5.69 Å². The Morgan fingerprint density at radius 2 is 2.00 bits per heavy atom. The second-order valence-corrected chi connectivity index (χ2v) is 4.79. The summed E-state index contributed by atoms with van der Waals surface area (Å²) in [6, 6.07) is 0. The molecular weight excluding hydrogens is 220 g/mol. The van der Waals surface area contributed by atoms with Gasteiger partial charge in [0, 0.05) is 5.69 Å². The molecule has 1 heterocycles. The first-order valence-electron chi connectivity index (χ1n) is 5.30. The van der Waals surface area contributed by atoms with Crippen molar-refractivity contribution in [2.75, 3.05) is 0 Å². The number of carbonyl (C=O) groups excluding carboxylic acids is 1. The minimum absolute atomic E-state index is 0.114. The molecule has 17 heavy (non-hydrogen) atoms. The predicted octanol–water partition coefficient (Wildman–Crippen LogP) is 1.67. The average Bonchev–Trinajstić information content (AvgIpc) is 2.42. The number of nitrogens with one attached hydrogen (secondary N) is 1. The van der Waals surface area contributed by atoms with Crippen molar-refractivity contribution in [1.82, 2.24) is 10.2 Å². The fraction of sp³-hybridized carbons (Fsp3) is 0.545. The molecule has 0 saturated carbocycles. The van der Waals surface area contributed by atoms with Gasteiger partial charge in [-0.05, 0) is 34.6 Å². The van der Waals surface area contributed by atoms with Gasteiger partial charge >= 0.3 is 6.09 Å². The first-order valence-corrected chi connectivity index (χ1v) is 5.30. The standard InChI is InChI=1S/C11H18N4O2/c1-6-8(7(2)15-14-6)9(12)13-10(16)17-11(3,4)5/h1-5H3,(H,14,15)(H2,12,13,16). The lowest BCUT2D eigenvalue weighted by Crippen LogP contribution is -2.24. The van der Waals surface area contributed by atoms with Gasteiger partial charge in [-0.1, -0.05) is 0 Å². The van der Waals surface area contributed by atoms with Crippen LogP contribution in [0, 0.1) is 13.8 Å². The molecule has 0 aliphatic heterocycles. The second-order valence-electron chi connectivity index (χ2n) is 4.79. The molecule has 6 nitrogen and oxygen atoms in total. The number of carbonyl (C=O) groups is 1. The first-order chi connectivity index (χ1) is 7.70. The summed E-state index contributed by atoms with van der Waals surface area (Å²) in [5.41, 5.74) is 7.29. The molecule has 94 valence electrons. The fourth-order valence-corrected chi connectivity index (χ4v) is 1.37. The summed E-state index contributed by atoms with van der Waals surface area (Å²) < 4.78 is 5.05. The molecule has 0 aliphatic carbocycles. The molecule has 0 fully saturated rings. The normalized spacial score (nSPS) is 12.6. The molecule has 0 unspecified atom stereocenters. The quantitative estimate of drug-likeness (QED) is 0.574. The number of aliphatic imine (C=N–C) groups is 1. The van der Waals surface area contributed by atoms with Gasteiger partial charge in [0.2, 0.25) is 0 Å². The Balaban J connectivity index is 2.90. The zero-order valence-electron chi connectivity index (χ0n) is 10.8. The maximum absolute atomic E-state index is 11.5. The van der Waals surface area contributed by atoms with Gasteiger partial charge in [0.25, 0.3) is 0 Å². The van der Waals surface area contributed by atoms with E-state index in [0.29, 0.717) is 11.3 Å². The zero-order chi connectivity index (χ0) is 13.2. The van der Waals surface area contributed by atoms with Crippen LogP contribution in [0.5, 0.6) is 0 Å². The Kier molecular flexibility index (Phi) is 3.55. The Morgan fingerprint density at radius 3 is 2.41 bits per heavy atom. The van der Waals surface area contributed by atoms with Gasteiger partial charge in [0.1, 0.15) is 11.4 Å². The van der Waals surface area contributed by atoms with Crippen molar-refractivity contribution in [3.8, 4) is 0 Å². The van der Waals surface area contributed by atoms with Crippen LogP contribution in [0.15, 0.2) is 4.99 Å². The van der Waals surface area contributed by atoms with Crippen molar-refractivity contribution >= 4 is 11.9 Å². The lowest BCUT2D eigenvalue weighted by molar-refractivity contribution is 0.0604. The van der Waals surface area contributed by atoms with Crippen LogP contribution >= 0.6 is 0 Å². The molecule has 0 aliphatic rings. The van der Waals surface area contributed by atoms with Crippen LogP contribution in [0.4, 0.5) is 4.79 Å². The molecule has 0 aromatic carbocycles. The number of amidine groups is 1. The molecule has 1 aromatic rings. The molecule has 3 N–H and O–H groups in total. The highest BCUT2D eigenvalue weighted by Crippen LogP contribution is 2.11. The number of hydrogen-bond donors (Lipinski definition) is 2. The summed E-state index contributed by atoms with van der Waals surface area (Å²) in [6.45, 7) is 8.91. The minimum atomic E-state index is -0.699. The smallest absolute Gasteiger partial charge is 0.436 e. The number of nitrogens with zero attached hydrogens (tertiary/aromatic N) is 2. The van der Waals surface area contributed by atoms with Crippen LogP contribution in [-0.4, -0.2) is 27.7 Å². The molecule has 6 heteroatoms. The molecule has 1 rings (SSSR count). The third kappa shape index (κ3) is 3.58. The van der Waals surface area contributed by atoms with Crippen LogP contribution in [0.1, 0.15) is 37.7 Å². The lowest BCUT2D eigenvalue weighted by Gasteiger charge is -2.17. The summed E-state index contributed by atoms with van der Waals surface area (Å²) in [4.78, 5) is 15.2. The average molecular weight is 238 g/mol. The van der Waals surface area contributed by atoms with Crippen LogP contribution in [0.3, 0.4) is 0 Å². The maximum atomic E-state index is 11.5. The number of nitrogens with two attached hydrogens (primary N) is 1. The van der Waals surface area contributed by atoms with Gasteiger partial charge in [0.05, 0.1) is 11.3 Å². The number of rotatable bonds is 1. The van der Waals surface area contributed by atoms with E-state index in [1.165, 1.54) is 0 Å². The number of aromatic amines is 1. The molecule has 0 atom stereocenters. The topological polar surface area (TPSA) is 93.4 Å². The monoisotopic (exact) mass is 238 g/mol. The van der Waals surface area contributed by atoms with Crippen LogP contribution in [0.2, 0.25) is 0 Å². The van der Waals surface area contributed by atoms with E-state index >= 15 is 0 Å². The van der Waals surface area contributed by atoms with E-state index < -0.39 is 11.7 Å². The SMILES string of the molecule is Cc1n[nH]c(C)c1C(N)=NC(=O)OC(C)(C)C. The second kappa shape index (κ2) is 4.57. The number of H-pyrrole nitrogens is 1. The first kappa shape index (κ1) is 13.2. The van der Waals surface area contributed by atoms with Gasteiger partial charge in [-0.25, -0.2) is 4.79 Å². The number of ether oxygens (including phenoxy) is 1. The maximum Gasteiger partial charge on any atom is 0.436 e. The molecule has 1 amide bonds. The summed E-state index contributed by atoms with van der Waals surface area (Å²) >= 11 is 0. The Bertz CT molecular complexity index is 435. The van der Waals surface area contributed by atoms with Crippen molar-refractivity contribution in [1.29, 1.82) is 0 Å². The largest absolute Gasteiger partial charge is 0.442 e. The van der Waals surface area contributed by atoms with Gasteiger partial charge < -0.3 is 10.5 Å². The number of hydrogen-bond acceptors (Lipinski definition) is 3. The van der Waals surface area contributed by atoms with Crippen molar-refractivity contribution in [3.63, 3.8) is 0 Å². The Hall–Kier alpha value is -1.85. The molecule has 0 bridgehead atoms. The van der Waals surface area contributed by atoms with Gasteiger partial charge in [-0.2, -0.15) is 10.1 Å². The molecule has 0 spiro atoms. The van der Waals surface area contributed by atoms with E-state index in [1.54, 1.807) is 27.7 Å². The Labute approximate surface area is 100 Å². The van der Waals surface area contributed by atoms with E-state index in [2.05, 4.69) is 15.2 Å². The highest BCUT2D eigenvalue weighted by Gasteiger charge is 2.17. The zero-order valence-corrected chi connectivity index (χ0v) is 10.8. The van der Waals surface area contributed by atoms with E-state index in [1.807, 2.05) is 6.92 Å². The van der Waals surface area contributed by atoms with Crippen LogP contribution in [0.25, 0.3) is 0 Å². The van der Waals surface area contributed by atoms with E-state index in [4.69, 9.17) is 10.5 Å². The van der Waals surface area contributed by atoms with Gasteiger partial charge in [-0.15, -0.1) is 0 Å². The van der Waals surface area contributed by atoms with Crippen molar-refractivity contribution in [3.05, 3.63) is 17.0 Å². The Morgan fingerprint density at radius 1 is 1.41 bits per heavy atom. The number of aromatic nitrogens is 2. The third-order valence-corrected chi connectivity index (χ3v) is 1.99. The van der Waals surface area contributed by atoms with E-state index in [9.17, 15) is 4.79 Å². The summed E-state index contributed by atoms with van der Waals surface area (Å²) in [5.74, 6) is 0.114. The fourth-order valence-electron chi connectivity index (χ4n) is 1.37. The third-order valence-electron chi connectivity index (χ3n) is 1.99. The van der Waals surface area contributed by atoms with Crippen LogP contribution < -0.4 is 5.73 Å². The van der Waals surface area contributed by atoms with Gasteiger partial charge in [-0.3, -0.25) is 5.10 Å². The predicted molar refractivity (Wildman–Crippen MR) is 65.0 cm³/mol. The number of aryl methyl sites for hydroxylation is 2. The van der Waals surface area contributed by atoms with Crippen LogP contribution in [-0.2, 0) is 4.74 Å². The molecular formula is C11H18N4O2. The molecule has 0 saturated heterocycles. The summed E-state index contributed by atoms with van der Waals surface area (Å²) in [5, 5.41) is 6.76. The van der Waals surface area contributed by atoms with Crippen molar-refractivity contribution in [2.45, 2.75) is 40.2 Å². The summed E-state index contributed by atoms with van der Waals surface area (Å²) in [6.07, 6.45) is -0.699. The minimum Gasteiger partial charge on any atom is -0.442 e. The van der Waals surface area contributed by atoms with Crippen molar-refractivity contribution < 1.29 is 9.53 Å².